The molecule has 0 radical (unpaired) electrons. The fourth-order valence-electron chi connectivity index (χ4n) is 4.94. The highest BCUT2D eigenvalue weighted by Gasteiger charge is 2.39. The van der Waals surface area contributed by atoms with Crippen molar-refractivity contribution in [2.45, 2.75) is 63.9 Å². The number of urea groups is 1. The van der Waals surface area contributed by atoms with E-state index >= 15 is 0 Å². The van der Waals surface area contributed by atoms with Gasteiger partial charge in [-0.2, -0.15) is 0 Å². The van der Waals surface area contributed by atoms with Gasteiger partial charge in [0.1, 0.15) is 12.6 Å². The van der Waals surface area contributed by atoms with Crippen LogP contribution in [-0.2, 0) is 29.0 Å². The SMILES string of the molecule is CC(C)C(C(N)=O)N(C(=O)N(C)C)C(Cc1ccccc1)CC(O)C(Cc1ccccc1)NC(=O)OCc1cncs1. The first-order valence-electron chi connectivity index (χ1n) is 13.9. The zero-order valence-corrected chi connectivity index (χ0v) is 25.4. The summed E-state index contributed by atoms with van der Waals surface area (Å²) in [7, 11) is 3.23. The minimum absolute atomic E-state index is 0.0566. The molecule has 0 fully saturated rings. The van der Waals surface area contributed by atoms with Gasteiger partial charge in [-0.15, -0.1) is 11.3 Å². The molecule has 4 amide bonds. The Morgan fingerprint density at radius 3 is 2.10 bits per heavy atom. The summed E-state index contributed by atoms with van der Waals surface area (Å²) in [5.41, 5.74) is 9.33. The standard InChI is InChI=1S/C31H41N5O5S/c1-21(2)28(29(32)38)36(31(40)35(3)4)24(15-22-11-7-5-8-12-22)17-27(37)26(16-23-13-9-6-10-14-23)34-30(39)41-19-25-18-33-20-42-25/h5-14,18,20-21,24,26-28,37H,15-17,19H2,1-4H3,(H2,32,38)(H,34,39). The van der Waals surface area contributed by atoms with Gasteiger partial charge >= 0.3 is 12.1 Å². The molecule has 3 aromatic rings. The zero-order chi connectivity index (χ0) is 30.6. The topological polar surface area (TPSA) is 138 Å². The van der Waals surface area contributed by atoms with Crippen LogP contribution in [-0.4, -0.2) is 76.2 Å². The fraction of sp³-hybridized carbons (Fsp3) is 0.419. The lowest BCUT2D eigenvalue weighted by Crippen LogP contribution is -2.59. The van der Waals surface area contributed by atoms with Gasteiger partial charge in [0.25, 0.3) is 0 Å². The van der Waals surface area contributed by atoms with E-state index in [1.54, 1.807) is 25.8 Å². The molecule has 0 spiro atoms. The molecule has 0 aliphatic rings. The molecule has 0 saturated carbocycles. The van der Waals surface area contributed by atoms with Crippen LogP contribution in [0.4, 0.5) is 9.59 Å². The minimum atomic E-state index is -1.10. The predicted molar refractivity (Wildman–Crippen MR) is 163 cm³/mol. The second-order valence-electron chi connectivity index (χ2n) is 10.8. The van der Waals surface area contributed by atoms with E-state index in [1.807, 2.05) is 74.5 Å². The van der Waals surface area contributed by atoms with Crippen molar-refractivity contribution in [1.29, 1.82) is 0 Å². The molecule has 1 aromatic heterocycles. The minimum Gasteiger partial charge on any atom is -0.444 e. The summed E-state index contributed by atoms with van der Waals surface area (Å²) in [5, 5.41) is 14.5. The lowest BCUT2D eigenvalue weighted by molar-refractivity contribution is -0.125. The molecule has 42 heavy (non-hydrogen) atoms. The highest BCUT2D eigenvalue weighted by molar-refractivity contribution is 7.09. The molecule has 4 atom stereocenters. The van der Waals surface area contributed by atoms with Crippen LogP contribution in [0.15, 0.2) is 72.4 Å². The highest BCUT2D eigenvalue weighted by Crippen LogP contribution is 2.24. The van der Waals surface area contributed by atoms with Crippen LogP contribution in [0.2, 0.25) is 0 Å². The van der Waals surface area contributed by atoms with E-state index in [1.165, 1.54) is 21.1 Å². The Hall–Kier alpha value is -3.96. The largest absolute Gasteiger partial charge is 0.444 e. The summed E-state index contributed by atoms with van der Waals surface area (Å²) in [5.74, 6) is -0.903. The Morgan fingerprint density at radius 1 is 1.00 bits per heavy atom. The number of primary amides is 1. The summed E-state index contributed by atoms with van der Waals surface area (Å²) in [6.07, 6.45) is 0.595. The number of aliphatic hydroxyl groups excluding tert-OH is 1. The van der Waals surface area contributed by atoms with Crippen molar-refractivity contribution >= 4 is 29.4 Å². The first-order valence-corrected chi connectivity index (χ1v) is 14.8. The number of nitrogens with one attached hydrogen (secondary N) is 1. The van der Waals surface area contributed by atoms with Crippen molar-refractivity contribution in [2.75, 3.05) is 14.1 Å². The van der Waals surface area contributed by atoms with Crippen LogP contribution < -0.4 is 11.1 Å². The number of amides is 4. The molecule has 3 rings (SSSR count). The number of hydrogen-bond acceptors (Lipinski definition) is 7. The van der Waals surface area contributed by atoms with Crippen LogP contribution in [0.1, 0.15) is 36.3 Å². The molecule has 0 aliphatic heterocycles. The van der Waals surface area contributed by atoms with Gasteiger partial charge < -0.3 is 30.7 Å². The number of aromatic nitrogens is 1. The lowest BCUT2D eigenvalue weighted by atomic mass is 9.90. The highest BCUT2D eigenvalue weighted by atomic mass is 32.1. The molecule has 0 saturated heterocycles. The molecule has 4 N–H and O–H groups in total. The number of rotatable bonds is 14. The van der Waals surface area contributed by atoms with Crippen LogP contribution in [0.3, 0.4) is 0 Å². The lowest BCUT2D eigenvalue weighted by Gasteiger charge is -2.41. The van der Waals surface area contributed by atoms with E-state index < -0.39 is 42.3 Å². The van der Waals surface area contributed by atoms with Crippen LogP contribution in [0, 0.1) is 5.92 Å². The summed E-state index contributed by atoms with van der Waals surface area (Å²) in [4.78, 5) is 46.8. The van der Waals surface area contributed by atoms with Gasteiger partial charge in [0, 0.05) is 26.3 Å². The van der Waals surface area contributed by atoms with Gasteiger partial charge in [-0.25, -0.2) is 9.59 Å². The Morgan fingerprint density at radius 2 is 1.60 bits per heavy atom. The molecule has 0 bridgehead atoms. The Balaban J connectivity index is 1.93. The maximum Gasteiger partial charge on any atom is 0.407 e. The number of hydrogen-bond donors (Lipinski definition) is 3. The molecule has 1 heterocycles. The number of carbonyl (C=O) groups excluding carboxylic acids is 3. The van der Waals surface area contributed by atoms with Gasteiger partial charge in [0.15, 0.2) is 0 Å². The first kappa shape index (κ1) is 32.6. The molecule has 2 aromatic carbocycles. The molecule has 11 heteroatoms. The normalized spacial score (nSPS) is 14.0. The molecular formula is C31H41N5O5S. The molecular weight excluding hydrogens is 554 g/mol. The average molecular weight is 596 g/mol. The third-order valence-corrected chi connectivity index (χ3v) is 7.70. The van der Waals surface area contributed by atoms with Crippen molar-refractivity contribution < 1.29 is 24.2 Å². The summed E-state index contributed by atoms with van der Waals surface area (Å²) in [6, 6.07) is 16.4. The van der Waals surface area contributed by atoms with E-state index in [0.29, 0.717) is 12.8 Å². The smallest absolute Gasteiger partial charge is 0.407 e. The van der Waals surface area contributed by atoms with Gasteiger partial charge in [-0.1, -0.05) is 74.5 Å². The average Bonchev–Trinajstić information content (AvgIpc) is 3.48. The monoisotopic (exact) mass is 595 g/mol. The third kappa shape index (κ3) is 9.56. The van der Waals surface area contributed by atoms with Gasteiger partial charge in [0.2, 0.25) is 5.91 Å². The fourth-order valence-corrected chi connectivity index (χ4v) is 5.44. The van der Waals surface area contributed by atoms with Crippen molar-refractivity contribution in [3.05, 3.63) is 88.4 Å². The Labute approximate surface area is 251 Å². The number of nitrogens with two attached hydrogens (primary N) is 1. The van der Waals surface area contributed by atoms with Crippen LogP contribution in [0.25, 0.3) is 0 Å². The van der Waals surface area contributed by atoms with E-state index in [0.717, 1.165) is 16.0 Å². The quantitative estimate of drug-likeness (QED) is 0.259. The Kier molecular flexibility index (Phi) is 12.3. The molecule has 226 valence electrons. The number of benzene rings is 2. The number of nitrogens with zero attached hydrogens (tertiary/aromatic N) is 3. The van der Waals surface area contributed by atoms with Gasteiger partial charge in [-0.3, -0.25) is 9.78 Å². The van der Waals surface area contributed by atoms with E-state index in [-0.39, 0.29) is 18.9 Å². The van der Waals surface area contributed by atoms with E-state index in [2.05, 4.69) is 10.3 Å². The molecule has 10 nitrogen and oxygen atoms in total. The predicted octanol–water partition coefficient (Wildman–Crippen LogP) is 3.84. The van der Waals surface area contributed by atoms with Crippen LogP contribution >= 0.6 is 11.3 Å². The maximum atomic E-state index is 13.6. The van der Waals surface area contributed by atoms with E-state index in [9.17, 15) is 19.5 Å². The number of aliphatic hydroxyl groups is 1. The summed E-state index contributed by atoms with van der Waals surface area (Å²) in [6.45, 7) is 3.72. The first-order chi connectivity index (χ1) is 20.1. The van der Waals surface area contributed by atoms with Gasteiger partial charge in [0.05, 0.1) is 22.5 Å². The van der Waals surface area contributed by atoms with Crippen molar-refractivity contribution in [1.82, 2.24) is 20.1 Å². The van der Waals surface area contributed by atoms with Crippen molar-refractivity contribution in [2.24, 2.45) is 11.7 Å². The molecule has 0 aliphatic carbocycles. The van der Waals surface area contributed by atoms with Crippen molar-refractivity contribution in [3.63, 3.8) is 0 Å². The van der Waals surface area contributed by atoms with Gasteiger partial charge in [-0.05, 0) is 36.3 Å². The second-order valence-corrected chi connectivity index (χ2v) is 11.8. The number of alkyl carbamates (subject to hydrolysis) is 1. The van der Waals surface area contributed by atoms with Crippen molar-refractivity contribution in [3.8, 4) is 0 Å². The number of carbonyl (C=O) groups is 3. The van der Waals surface area contributed by atoms with Crippen LogP contribution in [0.5, 0.6) is 0 Å². The third-order valence-electron chi connectivity index (χ3n) is 6.94. The zero-order valence-electron chi connectivity index (χ0n) is 24.6. The Bertz CT molecular complexity index is 1260. The van der Waals surface area contributed by atoms with E-state index in [4.69, 9.17) is 10.5 Å². The summed E-state index contributed by atoms with van der Waals surface area (Å²) >= 11 is 1.37. The maximum absolute atomic E-state index is 13.6. The second kappa shape index (κ2) is 15.9. The molecule has 4 unspecified atom stereocenters. The number of thiazole rings is 1. The number of ether oxygens (including phenoxy) is 1. The summed E-state index contributed by atoms with van der Waals surface area (Å²) < 4.78 is 5.40.